The number of hydrogen-bond donors (Lipinski definition) is 0. The molecule has 0 aliphatic heterocycles. The van der Waals surface area contributed by atoms with Crippen molar-refractivity contribution in [2.24, 2.45) is 0 Å². The standard InChI is InChI=1S/C3H9P.C2H5.Y/c1-4(2)3;1-2;/h4H,1H2,2-3H3;1H2,2H3;/q;-1;. The Morgan fingerprint density at radius 3 is 1.29 bits per heavy atom. The van der Waals surface area contributed by atoms with Crippen LogP contribution in [-0.4, -0.2) is 19.6 Å². The zero-order chi connectivity index (χ0) is 5.58. The van der Waals surface area contributed by atoms with Gasteiger partial charge in [0.2, 0.25) is 0 Å². The second-order valence-corrected chi connectivity index (χ2v) is 3.62. The van der Waals surface area contributed by atoms with E-state index in [4.69, 9.17) is 0 Å². The van der Waals surface area contributed by atoms with E-state index >= 15 is 0 Å². The summed E-state index contributed by atoms with van der Waals surface area (Å²) < 4.78 is 0. The Bertz CT molecular complexity index is 31.1. The van der Waals surface area contributed by atoms with Gasteiger partial charge in [-0.1, -0.05) is 0 Å². The molecule has 0 aromatic heterocycles. The van der Waals surface area contributed by atoms with E-state index in [9.17, 15) is 0 Å². The molecule has 43 valence electrons. The largest absolute Gasteiger partial charge is 0.346 e. The van der Waals surface area contributed by atoms with Crippen LogP contribution in [-0.2, 0) is 32.7 Å². The van der Waals surface area contributed by atoms with Crippen LogP contribution in [0.4, 0.5) is 0 Å². The second kappa shape index (κ2) is 15.7. The van der Waals surface area contributed by atoms with Crippen LogP contribution in [0.5, 0.6) is 0 Å². The Hall–Kier alpha value is 1.40. The van der Waals surface area contributed by atoms with Crippen LogP contribution < -0.4 is 0 Å². The molecule has 0 aromatic rings. The SMILES string of the molecule is C=[PH](C)C.[CH2-]C.[Y]. The van der Waals surface area contributed by atoms with Gasteiger partial charge in [-0.2, -0.15) is 6.92 Å². The van der Waals surface area contributed by atoms with Gasteiger partial charge in [-0.3, -0.25) is 0 Å². The van der Waals surface area contributed by atoms with Crippen LogP contribution in [0.1, 0.15) is 6.92 Å². The number of rotatable bonds is 0. The van der Waals surface area contributed by atoms with Crippen molar-refractivity contribution in [1.29, 1.82) is 0 Å². The molecule has 1 radical (unpaired) electrons. The van der Waals surface area contributed by atoms with Crippen molar-refractivity contribution in [3.63, 3.8) is 0 Å². The fraction of sp³-hybridized carbons (Fsp3) is 0.600. The van der Waals surface area contributed by atoms with E-state index in [1.165, 1.54) is 0 Å². The predicted molar refractivity (Wildman–Crippen MR) is 38.3 cm³/mol. The van der Waals surface area contributed by atoms with E-state index in [1.54, 1.807) is 6.92 Å². The van der Waals surface area contributed by atoms with Crippen molar-refractivity contribution in [2.45, 2.75) is 6.92 Å². The van der Waals surface area contributed by atoms with E-state index in [0.29, 0.717) is 0 Å². The van der Waals surface area contributed by atoms with E-state index in [2.05, 4.69) is 26.6 Å². The third-order valence-corrected chi connectivity index (χ3v) is 0. The molecule has 0 saturated heterocycles. The Morgan fingerprint density at radius 2 is 1.29 bits per heavy atom. The van der Waals surface area contributed by atoms with Gasteiger partial charge in [0, 0.05) is 32.7 Å². The van der Waals surface area contributed by atoms with Crippen molar-refractivity contribution < 1.29 is 32.7 Å². The molecular weight excluding hydrogens is 180 g/mol. The van der Waals surface area contributed by atoms with Crippen LogP contribution in [0.2, 0.25) is 0 Å². The first-order chi connectivity index (χ1) is 2.73. The van der Waals surface area contributed by atoms with Crippen molar-refractivity contribution in [3.05, 3.63) is 6.92 Å². The first kappa shape index (κ1) is 15.8. The summed E-state index contributed by atoms with van der Waals surface area (Å²) in [4.78, 5) is 0. The molecule has 0 spiro atoms. The molecular formula is C5H14PY-. The summed E-state index contributed by atoms with van der Waals surface area (Å²) in [6.45, 7) is 9.31. The zero-order valence-corrected chi connectivity index (χ0v) is 9.33. The third-order valence-electron chi connectivity index (χ3n) is 0. The average molecular weight is 194 g/mol. The molecule has 0 rings (SSSR count). The first-order valence-corrected chi connectivity index (χ1v) is 4.77. The maximum atomic E-state index is 3.74. The van der Waals surface area contributed by atoms with E-state index < -0.39 is 0 Å². The minimum Gasteiger partial charge on any atom is -0.346 e. The van der Waals surface area contributed by atoms with Crippen molar-refractivity contribution >= 4 is 13.8 Å². The summed E-state index contributed by atoms with van der Waals surface area (Å²) >= 11 is 0. The van der Waals surface area contributed by atoms with Gasteiger partial charge in [0.05, 0.1) is 0 Å². The summed E-state index contributed by atoms with van der Waals surface area (Å²) in [6.07, 6.45) is 3.74. The van der Waals surface area contributed by atoms with Crippen molar-refractivity contribution in [3.8, 4) is 0 Å². The Balaban J connectivity index is -0.0000000480. The summed E-state index contributed by atoms with van der Waals surface area (Å²) in [5.74, 6) is 0. The Labute approximate surface area is 73.3 Å². The molecule has 7 heavy (non-hydrogen) atoms. The Kier molecular flexibility index (Phi) is 35.3. The third kappa shape index (κ3) is 110. The monoisotopic (exact) mass is 194 g/mol. The fourth-order valence-corrected chi connectivity index (χ4v) is 0. The smallest absolute Gasteiger partial charge is 0 e. The normalized spacial score (nSPS) is 5.86. The molecule has 0 aliphatic carbocycles. The predicted octanol–water partition coefficient (Wildman–Crippen LogP) is 1.73. The molecule has 0 amide bonds. The van der Waals surface area contributed by atoms with Gasteiger partial charge in [-0.25, -0.2) is 0 Å². The fourth-order valence-electron chi connectivity index (χ4n) is 0. The zero-order valence-electron chi connectivity index (χ0n) is 5.49. The van der Waals surface area contributed by atoms with Crippen LogP contribution in [0.25, 0.3) is 0 Å². The maximum absolute atomic E-state index is 3.74. The van der Waals surface area contributed by atoms with Crippen molar-refractivity contribution in [2.75, 3.05) is 13.3 Å². The molecule has 0 saturated carbocycles. The minimum absolute atomic E-state index is 0. The molecule has 2 heteroatoms. The van der Waals surface area contributed by atoms with Gasteiger partial charge in [-0.15, -0.1) is 13.8 Å². The molecule has 0 fully saturated rings. The Morgan fingerprint density at radius 1 is 1.29 bits per heavy atom. The van der Waals surface area contributed by atoms with Gasteiger partial charge >= 0.3 is 0 Å². The first-order valence-electron chi connectivity index (χ1n) is 2.06. The molecule has 0 atom stereocenters. The van der Waals surface area contributed by atoms with Gasteiger partial charge in [0.15, 0.2) is 0 Å². The van der Waals surface area contributed by atoms with E-state index in [0.717, 1.165) is 0 Å². The second-order valence-electron chi connectivity index (χ2n) is 1.21. The van der Waals surface area contributed by atoms with E-state index in [1.807, 2.05) is 0 Å². The average Bonchev–Trinajstić information content (AvgIpc) is 1.41. The molecule has 0 aromatic carbocycles. The molecule has 0 N–H and O–H groups in total. The summed E-state index contributed by atoms with van der Waals surface area (Å²) in [6, 6.07) is 0. The molecule has 0 unspecified atom stereocenters. The van der Waals surface area contributed by atoms with Crippen LogP contribution >= 0.6 is 7.55 Å². The van der Waals surface area contributed by atoms with Crippen LogP contribution in [0.3, 0.4) is 0 Å². The van der Waals surface area contributed by atoms with Crippen molar-refractivity contribution in [1.82, 2.24) is 0 Å². The van der Waals surface area contributed by atoms with Crippen LogP contribution in [0.15, 0.2) is 0 Å². The van der Waals surface area contributed by atoms with E-state index in [-0.39, 0.29) is 40.3 Å². The maximum Gasteiger partial charge on any atom is 0 e. The summed E-state index contributed by atoms with van der Waals surface area (Å²) in [5, 5.41) is 0. The quantitative estimate of drug-likeness (QED) is 0.407. The number of hydrogen-bond acceptors (Lipinski definition) is 0. The molecule has 0 heterocycles. The minimum atomic E-state index is -0.130. The van der Waals surface area contributed by atoms with Gasteiger partial charge < -0.3 is 6.92 Å². The van der Waals surface area contributed by atoms with Crippen LogP contribution in [0, 0.1) is 6.92 Å². The van der Waals surface area contributed by atoms with Gasteiger partial charge in [0.25, 0.3) is 0 Å². The molecule has 0 bridgehead atoms. The summed E-state index contributed by atoms with van der Waals surface area (Å²) in [5.41, 5.74) is 0. The van der Waals surface area contributed by atoms with Gasteiger partial charge in [-0.05, 0) is 13.3 Å². The van der Waals surface area contributed by atoms with Gasteiger partial charge in [0.1, 0.15) is 0 Å². The molecule has 0 aliphatic rings. The molecule has 0 nitrogen and oxygen atoms in total. The topological polar surface area (TPSA) is 0 Å². The summed E-state index contributed by atoms with van der Waals surface area (Å²) in [7, 11) is -0.130.